The molecule has 2 amide bonds. The van der Waals surface area contributed by atoms with Crippen molar-refractivity contribution in [2.75, 3.05) is 0 Å². The number of aryl methyl sites for hydroxylation is 1. The molecule has 0 saturated carbocycles. The van der Waals surface area contributed by atoms with E-state index in [4.69, 9.17) is 0 Å². The molecule has 0 aliphatic carbocycles. The van der Waals surface area contributed by atoms with E-state index in [1.807, 2.05) is 78.5 Å². The van der Waals surface area contributed by atoms with Crippen molar-refractivity contribution < 1.29 is 4.79 Å². The molecule has 122 valence electrons. The SMILES string of the molecule is Cn1ccnc1[C@@H](NC(=O)NCc1ccccc1)c1ccccc1. The predicted molar refractivity (Wildman–Crippen MR) is 93.3 cm³/mol. The zero-order chi connectivity index (χ0) is 16.8. The predicted octanol–water partition coefficient (Wildman–Crippen LogP) is 3.01. The zero-order valence-corrected chi connectivity index (χ0v) is 13.5. The van der Waals surface area contributed by atoms with Crippen LogP contribution in [0.25, 0.3) is 0 Å². The summed E-state index contributed by atoms with van der Waals surface area (Å²) in [4.78, 5) is 16.7. The van der Waals surface area contributed by atoms with Gasteiger partial charge in [0.2, 0.25) is 0 Å². The standard InChI is InChI=1S/C19H20N4O/c1-23-13-12-20-18(23)17(16-10-6-3-7-11-16)22-19(24)21-14-15-8-4-2-5-9-15/h2-13,17H,14H2,1H3,(H2,21,22,24)/t17-/m0/s1. The summed E-state index contributed by atoms with van der Waals surface area (Å²) in [6, 6.07) is 19.1. The lowest BCUT2D eigenvalue weighted by molar-refractivity contribution is 0.237. The maximum atomic E-state index is 12.3. The summed E-state index contributed by atoms with van der Waals surface area (Å²) in [7, 11) is 1.92. The summed E-state index contributed by atoms with van der Waals surface area (Å²) in [6.07, 6.45) is 3.60. The molecule has 0 aliphatic rings. The van der Waals surface area contributed by atoms with Crippen LogP contribution in [0.2, 0.25) is 0 Å². The molecule has 0 aliphatic heterocycles. The van der Waals surface area contributed by atoms with Crippen molar-refractivity contribution in [3.63, 3.8) is 0 Å². The van der Waals surface area contributed by atoms with Crippen LogP contribution in [-0.4, -0.2) is 15.6 Å². The van der Waals surface area contributed by atoms with E-state index >= 15 is 0 Å². The van der Waals surface area contributed by atoms with Gasteiger partial charge in [0.05, 0.1) is 0 Å². The van der Waals surface area contributed by atoms with Crippen LogP contribution in [0.1, 0.15) is 23.0 Å². The fourth-order valence-corrected chi connectivity index (χ4v) is 2.56. The third-order valence-electron chi connectivity index (χ3n) is 3.82. The molecule has 2 N–H and O–H groups in total. The number of aromatic nitrogens is 2. The number of carbonyl (C=O) groups excluding carboxylic acids is 1. The van der Waals surface area contributed by atoms with E-state index in [1.54, 1.807) is 6.20 Å². The molecule has 1 heterocycles. The summed E-state index contributed by atoms with van der Waals surface area (Å²) in [5.41, 5.74) is 2.04. The topological polar surface area (TPSA) is 59.0 Å². The van der Waals surface area contributed by atoms with Crippen LogP contribution in [0, 0.1) is 0 Å². The monoisotopic (exact) mass is 320 g/mol. The van der Waals surface area contributed by atoms with E-state index in [9.17, 15) is 4.79 Å². The first-order valence-corrected chi connectivity index (χ1v) is 7.84. The molecule has 0 radical (unpaired) electrons. The van der Waals surface area contributed by atoms with E-state index in [1.165, 1.54) is 0 Å². The number of rotatable bonds is 5. The highest BCUT2D eigenvalue weighted by Crippen LogP contribution is 2.19. The number of hydrogen-bond acceptors (Lipinski definition) is 2. The lowest BCUT2D eigenvalue weighted by Crippen LogP contribution is -2.38. The molecule has 24 heavy (non-hydrogen) atoms. The van der Waals surface area contributed by atoms with Crippen molar-refractivity contribution >= 4 is 6.03 Å². The molecule has 1 atom stereocenters. The molecule has 5 nitrogen and oxygen atoms in total. The van der Waals surface area contributed by atoms with Crippen LogP contribution in [0.15, 0.2) is 73.1 Å². The first-order valence-electron chi connectivity index (χ1n) is 7.84. The molecular weight excluding hydrogens is 300 g/mol. The van der Waals surface area contributed by atoms with Gasteiger partial charge in [-0.2, -0.15) is 0 Å². The molecule has 0 saturated heterocycles. The minimum atomic E-state index is -0.304. The molecule has 0 spiro atoms. The molecule has 5 heteroatoms. The van der Waals surface area contributed by atoms with Crippen molar-refractivity contribution in [2.45, 2.75) is 12.6 Å². The van der Waals surface area contributed by atoms with E-state index in [2.05, 4.69) is 15.6 Å². The molecule has 3 rings (SSSR count). The van der Waals surface area contributed by atoms with Crippen molar-refractivity contribution in [3.05, 3.63) is 90.0 Å². The lowest BCUT2D eigenvalue weighted by atomic mass is 10.1. The maximum absolute atomic E-state index is 12.3. The fourth-order valence-electron chi connectivity index (χ4n) is 2.56. The first-order chi connectivity index (χ1) is 11.7. The van der Waals surface area contributed by atoms with E-state index in [-0.39, 0.29) is 12.1 Å². The maximum Gasteiger partial charge on any atom is 0.315 e. The molecule has 0 unspecified atom stereocenters. The number of carbonyl (C=O) groups is 1. The highest BCUT2D eigenvalue weighted by Gasteiger charge is 2.20. The highest BCUT2D eigenvalue weighted by atomic mass is 16.2. The molecule has 0 fully saturated rings. The van der Waals surface area contributed by atoms with Crippen LogP contribution in [-0.2, 0) is 13.6 Å². The average molecular weight is 320 g/mol. The summed E-state index contributed by atoms with van der Waals surface area (Å²) < 4.78 is 1.91. The minimum absolute atomic E-state index is 0.226. The summed E-state index contributed by atoms with van der Waals surface area (Å²) in [6.45, 7) is 0.481. The van der Waals surface area contributed by atoms with Gasteiger partial charge in [-0.1, -0.05) is 60.7 Å². The van der Waals surface area contributed by atoms with Gasteiger partial charge in [0.15, 0.2) is 0 Å². The normalized spacial score (nSPS) is 11.7. The summed E-state index contributed by atoms with van der Waals surface area (Å²) in [5.74, 6) is 0.788. The fraction of sp³-hybridized carbons (Fsp3) is 0.158. The quantitative estimate of drug-likeness (QED) is 0.759. The van der Waals surface area contributed by atoms with Gasteiger partial charge in [-0.15, -0.1) is 0 Å². The third-order valence-corrected chi connectivity index (χ3v) is 3.82. The van der Waals surface area contributed by atoms with Gasteiger partial charge in [-0.25, -0.2) is 9.78 Å². The highest BCUT2D eigenvalue weighted by molar-refractivity contribution is 5.74. The van der Waals surface area contributed by atoms with Gasteiger partial charge >= 0.3 is 6.03 Å². The van der Waals surface area contributed by atoms with E-state index < -0.39 is 0 Å². The second-order valence-electron chi connectivity index (χ2n) is 5.55. The van der Waals surface area contributed by atoms with Crippen LogP contribution in [0.5, 0.6) is 0 Å². The van der Waals surface area contributed by atoms with Crippen molar-refractivity contribution in [3.8, 4) is 0 Å². The first kappa shape index (κ1) is 15.8. The number of hydrogen-bond donors (Lipinski definition) is 2. The third kappa shape index (κ3) is 3.81. The Balaban J connectivity index is 1.72. The molecule has 3 aromatic rings. The number of benzene rings is 2. The summed E-state index contributed by atoms with van der Waals surface area (Å²) in [5, 5.41) is 5.91. The van der Waals surface area contributed by atoms with Crippen molar-refractivity contribution in [1.82, 2.24) is 20.2 Å². The van der Waals surface area contributed by atoms with Gasteiger partial charge in [0.1, 0.15) is 11.9 Å². The van der Waals surface area contributed by atoms with Crippen LogP contribution < -0.4 is 10.6 Å². The average Bonchev–Trinajstić information content (AvgIpc) is 3.05. The second-order valence-corrected chi connectivity index (χ2v) is 5.55. The van der Waals surface area contributed by atoms with Crippen molar-refractivity contribution in [2.24, 2.45) is 7.05 Å². The largest absolute Gasteiger partial charge is 0.336 e. The lowest BCUT2D eigenvalue weighted by Gasteiger charge is -2.19. The Morgan fingerprint density at radius 2 is 1.75 bits per heavy atom. The van der Waals surface area contributed by atoms with Gasteiger partial charge in [-0.3, -0.25) is 0 Å². The van der Waals surface area contributed by atoms with Crippen LogP contribution >= 0.6 is 0 Å². The molecular formula is C19H20N4O. The van der Waals surface area contributed by atoms with Crippen molar-refractivity contribution in [1.29, 1.82) is 0 Å². The second kappa shape index (κ2) is 7.46. The Morgan fingerprint density at radius 3 is 2.38 bits per heavy atom. The van der Waals surface area contributed by atoms with Crippen LogP contribution in [0.3, 0.4) is 0 Å². The Labute approximate surface area is 141 Å². The number of nitrogens with one attached hydrogen (secondary N) is 2. The number of amides is 2. The van der Waals surface area contributed by atoms with Crippen LogP contribution in [0.4, 0.5) is 4.79 Å². The Morgan fingerprint density at radius 1 is 1.08 bits per heavy atom. The number of imidazole rings is 1. The minimum Gasteiger partial charge on any atom is -0.336 e. The number of nitrogens with zero attached hydrogens (tertiary/aromatic N) is 2. The molecule has 1 aromatic heterocycles. The number of urea groups is 1. The zero-order valence-electron chi connectivity index (χ0n) is 13.5. The van der Waals surface area contributed by atoms with E-state index in [0.717, 1.165) is 17.0 Å². The Kier molecular flexibility index (Phi) is 4.91. The summed E-state index contributed by atoms with van der Waals surface area (Å²) >= 11 is 0. The Hall–Kier alpha value is -3.08. The Bertz CT molecular complexity index is 783. The molecule has 0 bridgehead atoms. The van der Waals surface area contributed by atoms with Gasteiger partial charge in [-0.05, 0) is 11.1 Å². The van der Waals surface area contributed by atoms with Gasteiger partial charge in [0, 0.05) is 26.0 Å². The van der Waals surface area contributed by atoms with E-state index in [0.29, 0.717) is 6.54 Å². The smallest absolute Gasteiger partial charge is 0.315 e. The van der Waals surface area contributed by atoms with Gasteiger partial charge < -0.3 is 15.2 Å². The molecule has 2 aromatic carbocycles. The van der Waals surface area contributed by atoms with Gasteiger partial charge in [0.25, 0.3) is 0 Å².